The molecule has 0 radical (unpaired) electrons. The van der Waals surface area contributed by atoms with Gasteiger partial charge in [0.25, 0.3) is 0 Å². The van der Waals surface area contributed by atoms with Crippen LogP contribution in [0.3, 0.4) is 0 Å². The average molecular weight is 518 g/mol. The van der Waals surface area contributed by atoms with E-state index < -0.39 is 0 Å². The van der Waals surface area contributed by atoms with Crippen molar-refractivity contribution in [3.63, 3.8) is 0 Å². The number of carbonyl (C=O) groups is 2. The number of nitrogens with zero attached hydrogens (tertiary/aromatic N) is 2. The van der Waals surface area contributed by atoms with Gasteiger partial charge in [0.2, 0.25) is 11.8 Å². The van der Waals surface area contributed by atoms with E-state index in [1.165, 1.54) is 0 Å². The molecule has 1 fully saturated rings. The molecule has 0 spiro atoms. The molecule has 0 unspecified atom stereocenters. The van der Waals surface area contributed by atoms with Gasteiger partial charge in [0, 0.05) is 47.3 Å². The first-order chi connectivity index (χ1) is 14.0. The molecule has 4 nitrogen and oxygen atoms in total. The normalized spacial score (nSPS) is 15.1. The Morgan fingerprint density at radius 2 is 1.03 bits per heavy atom. The Bertz CT molecular complexity index is 830. The van der Waals surface area contributed by atoms with Gasteiger partial charge in [-0.1, -0.05) is 56.1 Å². The summed E-state index contributed by atoms with van der Waals surface area (Å²) >= 11 is 6.81. The minimum Gasteiger partial charge on any atom is -0.337 e. The molecular weight excluding hydrogens is 496 g/mol. The third-order valence-corrected chi connectivity index (χ3v) is 5.75. The maximum absolute atomic E-state index is 12.5. The van der Waals surface area contributed by atoms with Crippen LogP contribution in [0.4, 0.5) is 0 Å². The van der Waals surface area contributed by atoms with Gasteiger partial charge in [-0.25, -0.2) is 0 Å². The van der Waals surface area contributed by atoms with E-state index in [2.05, 4.69) is 31.9 Å². The van der Waals surface area contributed by atoms with Crippen LogP contribution in [0.25, 0.3) is 12.2 Å². The predicted molar refractivity (Wildman–Crippen MR) is 124 cm³/mol. The van der Waals surface area contributed by atoms with Crippen LogP contribution in [-0.2, 0) is 9.59 Å². The molecule has 0 N–H and O–H groups in total. The fourth-order valence-electron chi connectivity index (χ4n) is 3.05. The standard InChI is InChI=1S/C23H22Br2N2O2/c24-20-8-2-18(3-9-20)6-12-22(28)26-14-1-15-27(17-16-26)23(29)13-7-19-4-10-21(25)11-5-19/h2-13H,1,14-17H2. The Balaban J connectivity index is 1.53. The first-order valence-corrected chi connectivity index (χ1v) is 11.0. The molecule has 1 aliphatic heterocycles. The van der Waals surface area contributed by atoms with Crippen LogP contribution >= 0.6 is 31.9 Å². The van der Waals surface area contributed by atoms with E-state index in [4.69, 9.17) is 0 Å². The molecule has 1 heterocycles. The zero-order valence-electron chi connectivity index (χ0n) is 15.9. The summed E-state index contributed by atoms with van der Waals surface area (Å²) < 4.78 is 2.01. The Kier molecular flexibility index (Phi) is 7.83. The predicted octanol–water partition coefficient (Wildman–Crippen LogP) is 5.00. The number of halogens is 2. The minimum atomic E-state index is -0.0207. The molecule has 0 atom stereocenters. The summed E-state index contributed by atoms with van der Waals surface area (Å²) in [4.78, 5) is 28.6. The van der Waals surface area contributed by atoms with Crippen LogP contribution in [0, 0.1) is 0 Å². The molecular formula is C23H22Br2N2O2. The van der Waals surface area contributed by atoms with Gasteiger partial charge in [0.15, 0.2) is 0 Å². The summed E-state index contributed by atoms with van der Waals surface area (Å²) in [5, 5.41) is 0. The quantitative estimate of drug-likeness (QED) is 0.535. The monoisotopic (exact) mass is 516 g/mol. The van der Waals surface area contributed by atoms with Gasteiger partial charge >= 0.3 is 0 Å². The molecule has 29 heavy (non-hydrogen) atoms. The van der Waals surface area contributed by atoms with E-state index in [1.807, 2.05) is 60.7 Å². The summed E-state index contributed by atoms with van der Waals surface area (Å²) in [6.07, 6.45) is 7.63. The van der Waals surface area contributed by atoms with E-state index in [-0.39, 0.29) is 11.8 Å². The zero-order valence-corrected chi connectivity index (χ0v) is 19.1. The summed E-state index contributed by atoms with van der Waals surface area (Å²) in [5.41, 5.74) is 1.96. The highest BCUT2D eigenvalue weighted by Crippen LogP contribution is 2.13. The minimum absolute atomic E-state index is 0.0207. The summed E-state index contributed by atoms with van der Waals surface area (Å²) in [7, 11) is 0. The van der Waals surface area contributed by atoms with E-state index in [0.29, 0.717) is 26.2 Å². The van der Waals surface area contributed by atoms with Gasteiger partial charge < -0.3 is 9.80 Å². The molecule has 1 saturated heterocycles. The highest BCUT2D eigenvalue weighted by atomic mass is 79.9. The fourth-order valence-corrected chi connectivity index (χ4v) is 3.58. The number of hydrogen-bond donors (Lipinski definition) is 0. The van der Waals surface area contributed by atoms with Crippen molar-refractivity contribution in [2.24, 2.45) is 0 Å². The number of hydrogen-bond acceptors (Lipinski definition) is 2. The van der Waals surface area contributed by atoms with Crippen LogP contribution in [0.1, 0.15) is 17.5 Å². The summed E-state index contributed by atoms with van der Waals surface area (Å²) in [5.74, 6) is -0.0414. The largest absolute Gasteiger partial charge is 0.337 e. The van der Waals surface area contributed by atoms with Gasteiger partial charge in [0.05, 0.1) is 0 Å². The lowest BCUT2D eigenvalue weighted by Gasteiger charge is -2.20. The maximum Gasteiger partial charge on any atom is 0.246 e. The van der Waals surface area contributed by atoms with Crippen molar-refractivity contribution in [3.05, 3.63) is 80.8 Å². The van der Waals surface area contributed by atoms with Crippen molar-refractivity contribution < 1.29 is 9.59 Å². The Morgan fingerprint density at radius 3 is 1.41 bits per heavy atom. The third kappa shape index (κ3) is 6.68. The molecule has 3 rings (SSSR count). The molecule has 150 valence electrons. The van der Waals surface area contributed by atoms with Crippen molar-refractivity contribution >= 4 is 55.8 Å². The first-order valence-electron chi connectivity index (χ1n) is 9.46. The van der Waals surface area contributed by atoms with Crippen molar-refractivity contribution in [2.75, 3.05) is 26.2 Å². The molecule has 0 bridgehead atoms. The molecule has 6 heteroatoms. The smallest absolute Gasteiger partial charge is 0.246 e. The maximum atomic E-state index is 12.5. The third-order valence-electron chi connectivity index (χ3n) is 4.70. The van der Waals surface area contributed by atoms with Gasteiger partial charge in [-0.3, -0.25) is 9.59 Å². The van der Waals surface area contributed by atoms with E-state index >= 15 is 0 Å². The number of benzene rings is 2. The lowest BCUT2D eigenvalue weighted by molar-refractivity contribution is -0.128. The van der Waals surface area contributed by atoms with Crippen LogP contribution in [0.5, 0.6) is 0 Å². The number of amides is 2. The highest BCUT2D eigenvalue weighted by molar-refractivity contribution is 9.10. The fraction of sp³-hybridized carbons (Fsp3) is 0.217. The van der Waals surface area contributed by atoms with Crippen molar-refractivity contribution in [2.45, 2.75) is 6.42 Å². The summed E-state index contributed by atoms with van der Waals surface area (Å²) in [6.45, 7) is 2.40. The van der Waals surface area contributed by atoms with Crippen LogP contribution in [0.15, 0.2) is 69.6 Å². The van der Waals surface area contributed by atoms with Crippen molar-refractivity contribution in [3.8, 4) is 0 Å². The molecule has 2 aromatic carbocycles. The SMILES string of the molecule is O=C(C=Cc1ccc(Br)cc1)N1CCCN(C(=O)C=Cc2ccc(Br)cc2)CC1. The highest BCUT2D eigenvalue weighted by Gasteiger charge is 2.19. The molecule has 0 saturated carbocycles. The lowest BCUT2D eigenvalue weighted by atomic mass is 10.2. The van der Waals surface area contributed by atoms with Gasteiger partial charge in [0.1, 0.15) is 0 Å². The molecule has 2 aromatic rings. The van der Waals surface area contributed by atoms with E-state index in [1.54, 1.807) is 22.0 Å². The zero-order chi connectivity index (χ0) is 20.6. The molecule has 0 aromatic heterocycles. The van der Waals surface area contributed by atoms with Crippen LogP contribution < -0.4 is 0 Å². The molecule has 1 aliphatic rings. The van der Waals surface area contributed by atoms with E-state index in [9.17, 15) is 9.59 Å². The van der Waals surface area contributed by atoms with Crippen molar-refractivity contribution in [1.82, 2.24) is 9.80 Å². The Labute approximate surface area is 188 Å². The second-order valence-corrected chi connectivity index (χ2v) is 8.61. The topological polar surface area (TPSA) is 40.6 Å². The van der Waals surface area contributed by atoms with Gasteiger partial charge in [-0.05, 0) is 54.0 Å². The Morgan fingerprint density at radius 1 is 0.655 bits per heavy atom. The second kappa shape index (κ2) is 10.6. The van der Waals surface area contributed by atoms with E-state index in [0.717, 1.165) is 26.5 Å². The van der Waals surface area contributed by atoms with Crippen LogP contribution in [0.2, 0.25) is 0 Å². The number of carbonyl (C=O) groups excluding carboxylic acids is 2. The summed E-state index contributed by atoms with van der Waals surface area (Å²) in [6, 6.07) is 15.6. The van der Waals surface area contributed by atoms with Gasteiger partial charge in [-0.2, -0.15) is 0 Å². The number of rotatable bonds is 4. The second-order valence-electron chi connectivity index (χ2n) is 6.77. The lowest BCUT2D eigenvalue weighted by Crippen LogP contribution is -2.36. The first kappa shape index (κ1) is 21.5. The Hall–Kier alpha value is -2.18. The average Bonchev–Trinajstić information content (AvgIpc) is 2.99. The van der Waals surface area contributed by atoms with Crippen molar-refractivity contribution in [1.29, 1.82) is 0 Å². The molecule has 2 amide bonds. The van der Waals surface area contributed by atoms with Crippen LogP contribution in [-0.4, -0.2) is 47.8 Å². The van der Waals surface area contributed by atoms with Gasteiger partial charge in [-0.15, -0.1) is 0 Å². The molecule has 0 aliphatic carbocycles.